The van der Waals surface area contributed by atoms with Crippen LogP contribution in [0.1, 0.15) is 43.6 Å². The Labute approximate surface area is 135 Å². The van der Waals surface area contributed by atoms with Gasteiger partial charge in [-0.05, 0) is 39.2 Å². The number of aromatic nitrogens is 2. The van der Waals surface area contributed by atoms with E-state index in [2.05, 4.69) is 22.4 Å². The summed E-state index contributed by atoms with van der Waals surface area (Å²) in [5.74, 6) is -0.349. The van der Waals surface area contributed by atoms with Crippen molar-refractivity contribution in [3.63, 3.8) is 0 Å². The molecule has 122 valence electrons. The lowest BCUT2D eigenvalue weighted by molar-refractivity contribution is -0.136. The first-order chi connectivity index (χ1) is 11.1. The van der Waals surface area contributed by atoms with Gasteiger partial charge in [0.1, 0.15) is 6.04 Å². The van der Waals surface area contributed by atoms with Crippen molar-refractivity contribution < 1.29 is 9.59 Å². The fourth-order valence-electron chi connectivity index (χ4n) is 3.14. The molecule has 2 N–H and O–H groups in total. The first-order valence-electron chi connectivity index (χ1n) is 8.12. The number of H-pyrrole nitrogens is 1. The highest BCUT2D eigenvalue weighted by Gasteiger charge is 2.28. The zero-order valence-electron chi connectivity index (χ0n) is 13.5. The predicted octanol–water partition coefficient (Wildman–Crippen LogP) is 2.08. The lowest BCUT2D eigenvalue weighted by atomic mass is 10.0. The zero-order chi connectivity index (χ0) is 16.4. The van der Waals surface area contributed by atoms with Crippen molar-refractivity contribution in [2.75, 3.05) is 6.54 Å². The van der Waals surface area contributed by atoms with Crippen molar-refractivity contribution in [2.45, 2.75) is 45.2 Å². The van der Waals surface area contributed by atoms with Gasteiger partial charge in [0.05, 0.1) is 5.52 Å². The Kier molecular flexibility index (Phi) is 4.32. The number of benzene rings is 1. The summed E-state index contributed by atoms with van der Waals surface area (Å²) >= 11 is 0. The van der Waals surface area contributed by atoms with E-state index < -0.39 is 6.04 Å². The zero-order valence-corrected chi connectivity index (χ0v) is 13.5. The highest BCUT2D eigenvalue weighted by atomic mass is 16.2. The number of hydrogen-bond acceptors (Lipinski definition) is 3. The molecule has 1 aliphatic rings. The Morgan fingerprint density at radius 3 is 2.91 bits per heavy atom. The van der Waals surface area contributed by atoms with Crippen LogP contribution in [0.3, 0.4) is 0 Å². The van der Waals surface area contributed by atoms with Crippen molar-refractivity contribution in [3.8, 4) is 0 Å². The van der Waals surface area contributed by atoms with E-state index in [1.807, 2.05) is 29.2 Å². The number of nitrogens with zero attached hydrogens (tertiary/aromatic N) is 2. The maximum absolute atomic E-state index is 12.6. The Morgan fingerprint density at radius 2 is 2.13 bits per heavy atom. The van der Waals surface area contributed by atoms with Gasteiger partial charge in [-0.25, -0.2) is 0 Å². The van der Waals surface area contributed by atoms with E-state index in [9.17, 15) is 9.59 Å². The number of nitrogens with one attached hydrogen (secondary N) is 2. The lowest BCUT2D eigenvalue weighted by Gasteiger charge is -2.35. The summed E-state index contributed by atoms with van der Waals surface area (Å²) in [7, 11) is 0. The molecule has 0 aliphatic carbocycles. The van der Waals surface area contributed by atoms with Gasteiger partial charge in [-0.1, -0.05) is 18.2 Å². The smallest absolute Gasteiger partial charge is 0.273 e. The molecule has 2 atom stereocenters. The third kappa shape index (κ3) is 3.06. The first kappa shape index (κ1) is 15.5. The molecule has 3 rings (SSSR count). The number of piperidine rings is 1. The number of aromatic amines is 1. The van der Waals surface area contributed by atoms with Crippen LogP contribution in [-0.2, 0) is 4.79 Å². The monoisotopic (exact) mass is 314 g/mol. The van der Waals surface area contributed by atoms with Gasteiger partial charge in [-0.15, -0.1) is 0 Å². The minimum atomic E-state index is -0.557. The molecule has 1 aliphatic heterocycles. The van der Waals surface area contributed by atoms with Gasteiger partial charge < -0.3 is 10.2 Å². The SMILES string of the molecule is C[C@@H](NC(=O)c1n[nH]c2ccccc12)C(=O)N1CCCC[C@@H]1C. The van der Waals surface area contributed by atoms with Crippen molar-refractivity contribution >= 4 is 22.7 Å². The Bertz CT molecular complexity index is 724. The standard InChI is InChI=1S/C17H22N4O2/c1-11-7-5-6-10-21(11)17(23)12(2)18-16(22)15-13-8-3-4-9-14(13)19-20-15/h3-4,8-9,11-12H,5-7,10H2,1-2H3,(H,18,22)(H,19,20)/t11-,12+/m0/s1. The molecule has 1 aromatic carbocycles. The fourth-order valence-corrected chi connectivity index (χ4v) is 3.14. The molecular weight excluding hydrogens is 292 g/mol. The summed E-state index contributed by atoms with van der Waals surface area (Å²) < 4.78 is 0. The summed E-state index contributed by atoms with van der Waals surface area (Å²) in [6, 6.07) is 7.13. The molecular formula is C17H22N4O2. The van der Waals surface area contributed by atoms with Gasteiger partial charge >= 0.3 is 0 Å². The van der Waals surface area contributed by atoms with Gasteiger partial charge in [-0.2, -0.15) is 5.10 Å². The summed E-state index contributed by atoms with van der Waals surface area (Å²) in [6.07, 6.45) is 3.21. The summed E-state index contributed by atoms with van der Waals surface area (Å²) in [6.45, 7) is 4.56. The number of carbonyl (C=O) groups is 2. The van der Waals surface area contributed by atoms with Crippen LogP contribution in [0.25, 0.3) is 10.9 Å². The van der Waals surface area contributed by atoms with E-state index in [0.29, 0.717) is 5.69 Å². The predicted molar refractivity (Wildman–Crippen MR) is 88.0 cm³/mol. The van der Waals surface area contributed by atoms with Gasteiger partial charge in [0.2, 0.25) is 5.91 Å². The maximum atomic E-state index is 12.6. The van der Waals surface area contributed by atoms with Gasteiger partial charge in [0, 0.05) is 18.0 Å². The highest BCUT2D eigenvalue weighted by Crippen LogP contribution is 2.18. The number of rotatable bonds is 3. The van der Waals surface area contributed by atoms with Crippen molar-refractivity contribution in [1.82, 2.24) is 20.4 Å². The number of likely N-dealkylation sites (tertiary alicyclic amines) is 1. The molecule has 0 unspecified atom stereocenters. The van der Waals surface area contributed by atoms with E-state index >= 15 is 0 Å². The van der Waals surface area contributed by atoms with Crippen molar-refractivity contribution in [1.29, 1.82) is 0 Å². The second-order valence-corrected chi connectivity index (χ2v) is 6.19. The molecule has 0 bridgehead atoms. The van der Waals surface area contributed by atoms with Crippen LogP contribution in [-0.4, -0.2) is 45.5 Å². The second kappa shape index (κ2) is 6.40. The molecule has 6 heteroatoms. The summed E-state index contributed by atoms with van der Waals surface area (Å²) in [5, 5.41) is 10.4. The number of fused-ring (bicyclic) bond motifs is 1. The fraction of sp³-hybridized carbons (Fsp3) is 0.471. The topological polar surface area (TPSA) is 78.1 Å². The molecule has 2 aromatic rings. The number of hydrogen-bond donors (Lipinski definition) is 2. The van der Waals surface area contributed by atoms with Gasteiger partial charge in [0.25, 0.3) is 5.91 Å². The minimum absolute atomic E-state index is 0.0228. The molecule has 6 nitrogen and oxygen atoms in total. The Balaban J connectivity index is 1.70. The third-order valence-electron chi connectivity index (χ3n) is 4.49. The number of amides is 2. The molecule has 2 heterocycles. The van der Waals surface area contributed by atoms with E-state index in [1.54, 1.807) is 6.92 Å². The van der Waals surface area contributed by atoms with Crippen LogP contribution >= 0.6 is 0 Å². The molecule has 0 radical (unpaired) electrons. The average molecular weight is 314 g/mol. The Hall–Kier alpha value is -2.37. The number of carbonyl (C=O) groups excluding carboxylic acids is 2. The van der Waals surface area contributed by atoms with E-state index in [0.717, 1.165) is 36.7 Å². The number of para-hydroxylation sites is 1. The van der Waals surface area contributed by atoms with Crippen molar-refractivity contribution in [2.24, 2.45) is 0 Å². The maximum Gasteiger partial charge on any atom is 0.273 e. The highest BCUT2D eigenvalue weighted by molar-refractivity contribution is 6.05. The van der Waals surface area contributed by atoms with E-state index in [-0.39, 0.29) is 17.9 Å². The third-order valence-corrected chi connectivity index (χ3v) is 4.49. The molecule has 1 aromatic heterocycles. The van der Waals surface area contributed by atoms with Crippen LogP contribution in [0.2, 0.25) is 0 Å². The van der Waals surface area contributed by atoms with Gasteiger partial charge in [0.15, 0.2) is 5.69 Å². The normalized spacial score (nSPS) is 19.6. The molecule has 23 heavy (non-hydrogen) atoms. The largest absolute Gasteiger partial charge is 0.339 e. The van der Waals surface area contributed by atoms with Crippen LogP contribution in [0, 0.1) is 0 Å². The lowest BCUT2D eigenvalue weighted by Crippen LogP contribution is -2.51. The van der Waals surface area contributed by atoms with Crippen LogP contribution in [0.5, 0.6) is 0 Å². The van der Waals surface area contributed by atoms with Crippen LogP contribution < -0.4 is 5.32 Å². The quantitative estimate of drug-likeness (QED) is 0.910. The minimum Gasteiger partial charge on any atom is -0.339 e. The second-order valence-electron chi connectivity index (χ2n) is 6.19. The van der Waals surface area contributed by atoms with Crippen molar-refractivity contribution in [3.05, 3.63) is 30.0 Å². The summed E-state index contributed by atoms with van der Waals surface area (Å²) in [4.78, 5) is 26.9. The molecule has 1 fully saturated rings. The molecule has 0 saturated carbocycles. The molecule has 2 amide bonds. The first-order valence-corrected chi connectivity index (χ1v) is 8.12. The average Bonchev–Trinajstić information content (AvgIpc) is 2.98. The molecule has 0 spiro atoms. The Morgan fingerprint density at radius 1 is 1.35 bits per heavy atom. The molecule has 1 saturated heterocycles. The van der Waals surface area contributed by atoms with Crippen LogP contribution in [0.15, 0.2) is 24.3 Å². The van der Waals surface area contributed by atoms with Gasteiger partial charge in [-0.3, -0.25) is 14.7 Å². The van der Waals surface area contributed by atoms with E-state index in [1.165, 1.54) is 0 Å². The van der Waals surface area contributed by atoms with Crippen LogP contribution in [0.4, 0.5) is 0 Å². The summed E-state index contributed by atoms with van der Waals surface area (Å²) in [5.41, 5.74) is 1.13. The van der Waals surface area contributed by atoms with E-state index in [4.69, 9.17) is 0 Å².